The number of carbonyl (C=O) groups excluding carboxylic acids is 1. The number of nitrogens with zero attached hydrogens (tertiary/aromatic N) is 4. The van der Waals surface area contributed by atoms with Gasteiger partial charge in [0.1, 0.15) is 5.82 Å². The normalized spacial score (nSPS) is 14.9. The third-order valence-electron chi connectivity index (χ3n) is 5.37. The topological polar surface area (TPSA) is 115 Å². The van der Waals surface area contributed by atoms with Crippen LogP contribution in [-0.2, 0) is 35.5 Å². The number of nitrogens with one attached hydrogen (secondary N) is 1. The molecule has 0 spiro atoms. The number of carbonyl (C=O) groups is 1. The van der Waals surface area contributed by atoms with E-state index in [1.807, 2.05) is 0 Å². The average molecular weight is 514 g/mol. The van der Waals surface area contributed by atoms with Gasteiger partial charge < -0.3 is 5.32 Å². The molecule has 3 aromatic rings. The maximum Gasteiger partial charge on any atom is 0.434 e. The lowest BCUT2D eigenvalue weighted by Crippen LogP contribution is -2.21. The number of nitrogens with two attached hydrogens (primary N) is 1. The maximum atomic E-state index is 14.6. The van der Waals surface area contributed by atoms with E-state index in [0.29, 0.717) is 6.42 Å². The molecule has 2 heterocycles. The van der Waals surface area contributed by atoms with Crippen LogP contribution in [0.1, 0.15) is 30.3 Å². The zero-order valence-corrected chi connectivity index (χ0v) is 19.0. The van der Waals surface area contributed by atoms with Crippen molar-refractivity contribution in [1.82, 2.24) is 14.8 Å². The van der Waals surface area contributed by atoms with Crippen LogP contribution in [0.3, 0.4) is 0 Å². The standard InChI is InChI=1S/C21H19F5N6O2S/c1-2-32-10-14(23)19(30-32)35(27,34)31-20(33)29-17-12-7-5-9-15(12)28-18(21(24,25)26)16(17)11-6-3-4-8-13(11)22/h3-4,6,8,10H,2,5,7,9H2,1H3,(H3,27,28,29,31,33,34). The first-order valence-corrected chi connectivity index (χ1v) is 12.0. The highest BCUT2D eigenvalue weighted by molar-refractivity contribution is 7.91. The number of amides is 2. The SMILES string of the molecule is CCn1cc(F)c(S(N)(=O)=NC(=O)Nc2c3c(nc(C(F)(F)F)c2-c2ccccc2F)CCC3)n1. The number of aromatic nitrogens is 3. The van der Waals surface area contributed by atoms with Gasteiger partial charge in [-0.3, -0.25) is 4.68 Å². The Labute approximate surface area is 196 Å². The third-order valence-corrected chi connectivity index (χ3v) is 6.64. The predicted molar refractivity (Wildman–Crippen MR) is 117 cm³/mol. The van der Waals surface area contributed by atoms with Gasteiger partial charge in [-0.1, -0.05) is 18.2 Å². The molecule has 14 heteroatoms. The number of pyridine rings is 1. The number of benzene rings is 1. The molecule has 1 aliphatic carbocycles. The summed E-state index contributed by atoms with van der Waals surface area (Å²) in [5.41, 5.74) is -2.53. The van der Waals surface area contributed by atoms with Crippen LogP contribution in [0.5, 0.6) is 0 Å². The zero-order valence-electron chi connectivity index (χ0n) is 18.2. The van der Waals surface area contributed by atoms with E-state index in [4.69, 9.17) is 5.14 Å². The lowest BCUT2D eigenvalue weighted by atomic mass is 9.97. The maximum absolute atomic E-state index is 14.6. The Morgan fingerprint density at radius 2 is 1.94 bits per heavy atom. The second-order valence-electron chi connectivity index (χ2n) is 7.69. The second-order valence-corrected chi connectivity index (χ2v) is 9.40. The molecule has 0 bridgehead atoms. The molecule has 1 unspecified atom stereocenters. The number of halogens is 5. The Hall–Kier alpha value is -3.39. The summed E-state index contributed by atoms with van der Waals surface area (Å²) < 4.78 is 87.9. The van der Waals surface area contributed by atoms with Gasteiger partial charge in [-0.15, -0.1) is 4.36 Å². The highest BCUT2D eigenvalue weighted by Crippen LogP contribution is 2.45. The van der Waals surface area contributed by atoms with Crippen molar-refractivity contribution in [3.8, 4) is 11.1 Å². The van der Waals surface area contributed by atoms with Crippen LogP contribution in [0.25, 0.3) is 11.1 Å². The first-order valence-electron chi connectivity index (χ1n) is 10.4. The van der Waals surface area contributed by atoms with Gasteiger partial charge in [0, 0.05) is 23.4 Å². The van der Waals surface area contributed by atoms with E-state index in [9.17, 15) is 31.0 Å². The molecular formula is C21H19F5N6O2S. The number of alkyl halides is 3. The van der Waals surface area contributed by atoms with Gasteiger partial charge >= 0.3 is 12.2 Å². The van der Waals surface area contributed by atoms with Gasteiger partial charge in [-0.25, -0.2) is 27.9 Å². The summed E-state index contributed by atoms with van der Waals surface area (Å²) in [6.45, 7) is 1.85. The van der Waals surface area contributed by atoms with Gasteiger partial charge in [0.2, 0.25) is 5.03 Å². The van der Waals surface area contributed by atoms with Crippen molar-refractivity contribution in [3.63, 3.8) is 0 Å². The van der Waals surface area contributed by atoms with Crippen LogP contribution in [0.4, 0.5) is 32.4 Å². The molecule has 8 nitrogen and oxygen atoms in total. The summed E-state index contributed by atoms with van der Waals surface area (Å²) >= 11 is 0. The summed E-state index contributed by atoms with van der Waals surface area (Å²) in [6.07, 6.45) is -3.15. The minimum absolute atomic E-state index is 0.0916. The molecule has 0 aliphatic heterocycles. The lowest BCUT2D eigenvalue weighted by Gasteiger charge is -2.20. The Bertz CT molecular complexity index is 1440. The quantitative estimate of drug-likeness (QED) is 0.492. The molecule has 2 amide bonds. The molecule has 2 aromatic heterocycles. The number of hydrogen-bond acceptors (Lipinski definition) is 4. The van der Waals surface area contributed by atoms with Crippen molar-refractivity contribution in [2.75, 3.05) is 5.32 Å². The van der Waals surface area contributed by atoms with Crippen LogP contribution in [0, 0.1) is 11.6 Å². The van der Waals surface area contributed by atoms with E-state index < -0.39 is 55.6 Å². The van der Waals surface area contributed by atoms with Crippen molar-refractivity contribution in [2.45, 2.75) is 43.9 Å². The molecule has 0 fully saturated rings. The Balaban J connectivity index is 1.88. The van der Waals surface area contributed by atoms with Gasteiger partial charge in [0.05, 0.1) is 11.9 Å². The van der Waals surface area contributed by atoms with Crippen molar-refractivity contribution in [1.29, 1.82) is 0 Å². The third kappa shape index (κ3) is 4.75. The number of aryl methyl sites for hydroxylation is 2. The molecule has 0 saturated carbocycles. The monoisotopic (exact) mass is 514 g/mol. The van der Waals surface area contributed by atoms with Crippen molar-refractivity contribution >= 4 is 21.6 Å². The molecule has 0 radical (unpaired) electrons. The first-order chi connectivity index (χ1) is 16.4. The van der Waals surface area contributed by atoms with E-state index in [1.54, 1.807) is 6.92 Å². The van der Waals surface area contributed by atoms with Crippen LogP contribution in [0.2, 0.25) is 0 Å². The summed E-state index contributed by atoms with van der Waals surface area (Å²) in [6, 6.07) is 3.32. The van der Waals surface area contributed by atoms with E-state index in [1.165, 1.54) is 12.1 Å². The van der Waals surface area contributed by atoms with Crippen LogP contribution in [0.15, 0.2) is 39.9 Å². The summed E-state index contributed by atoms with van der Waals surface area (Å²) in [5, 5.41) is 10.7. The van der Waals surface area contributed by atoms with Crippen LogP contribution < -0.4 is 10.5 Å². The molecular weight excluding hydrogens is 495 g/mol. The largest absolute Gasteiger partial charge is 0.434 e. The van der Waals surface area contributed by atoms with E-state index >= 15 is 0 Å². The van der Waals surface area contributed by atoms with Crippen molar-refractivity contribution in [2.24, 2.45) is 9.50 Å². The fourth-order valence-corrected chi connectivity index (χ4v) is 4.82. The smallest absolute Gasteiger partial charge is 0.304 e. The number of rotatable bonds is 4. The highest BCUT2D eigenvalue weighted by atomic mass is 32.2. The number of urea groups is 1. The van der Waals surface area contributed by atoms with Crippen LogP contribution >= 0.6 is 0 Å². The first kappa shape index (κ1) is 24.7. The molecule has 1 aliphatic rings. The number of anilines is 1. The number of fused-ring (bicyclic) bond motifs is 1. The van der Waals surface area contributed by atoms with Crippen LogP contribution in [-0.4, -0.2) is 25.0 Å². The molecule has 0 saturated heterocycles. The lowest BCUT2D eigenvalue weighted by molar-refractivity contribution is -0.140. The fraction of sp³-hybridized carbons (Fsp3) is 0.286. The van der Waals surface area contributed by atoms with E-state index in [2.05, 4.69) is 19.8 Å². The van der Waals surface area contributed by atoms with E-state index in [0.717, 1.165) is 23.0 Å². The number of hydrogen-bond donors (Lipinski definition) is 2. The van der Waals surface area contributed by atoms with Crippen molar-refractivity contribution in [3.05, 3.63) is 59.0 Å². The highest BCUT2D eigenvalue weighted by Gasteiger charge is 2.40. The minimum atomic E-state index is -4.98. The Morgan fingerprint density at radius 1 is 1.23 bits per heavy atom. The fourth-order valence-electron chi connectivity index (χ4n) is 3.89. The summed E-state index contributed by atoms with van der Waals surface area (Å²) in [5.74, 6) is -2.04. The predicted octanol–water partition coefficient (Wildman–Crippen LogP) is 4.68. The molecule has 4 rings (SSSR count). The van der Waals surface area contributed by atoms with Gasteiger partial charge in [0.15, 0.2) is 21.4 Å². The molecule has 35 heavy (non-hydrogen) atoms. The molecule has 3 N–H and O–H groups in total. The molecule has 186 valence electrons. The molecule has 1 aromatic carbocycles. The van der Waals surface area contributed by atoms with Gasteiger partial charge in [-0.2, -0.15) is 18.3 Å². The average Bonchev–Trinajstić information content (AvgIpc) is 3.39. The van der Waals surface area contributed by atoms with E-state index in [-0.39, 0.29) is 36.3 Å². The van der Waals surface area contributed by atoms with Gasteiger partial charge in [0.25, 0.3) is 0 Å². The Kier molecular flexibility index (Phi) is 6.36. The zero-order chi connectivity index (χ0) is 25.5. The second kappa shape index (κ2) is 9.00. The Morgan fingerprint density at radius 3 is 2.57 bits per heavy atom. The van der Waals surface area contributed by atoms with Gasteiger partial charge in [-0.05, 0) is 37.8 Å². The summed E-state index contributed by atoms with van der Waals surface area (Å²) in [4.78, 5) is 16.5. The molecule has 1 atom stereocenters. The van der Waals surface area contributed by atoms with Crippen molar-refractivity contribution < 1.29 is 31.0 Å². The minimum Gasteiger partial charge on any atom is -0.304 e. The summed E-state index contributed by atoms with van der Waals surface area (Å²) in [7, 11) is -4.19.